The van der Waals surface area contributed by atoms with E-state index in [0.717, 1.165) is 31.0 Å². The van der Waals surface area contributed by atoms with Gasteiger partial charge in [0.25, 0.3) is 0 Å². The predicted octanol–water partition coefficient (Wildman–Crippen LogP) is 2.11. The lowest BCUT2D eigenvalue weighted by molar-refractivity contribution is 0.0126. The van der Waals surface area contributed by atoms with E-state index in [1.807, 2.05) is 6.92 Å². The van der Waals surface area contributed by atoms with Gasteiger partial charge in [-0.1, -0.05) is 6.42 Å². The zero-order valence-corrected chi connectivity index (χ0v) is 12.3. The minimum atomic E-state index is -0.00214. The van der Waals surface area contributed by atoms with Crippen molar-refractivity contribution in [2.24, 2.45) is 23.5 Å². The van der Waals surface area contributed by atoms with Crippen molar-refractivity contribution in [3.05, 3.63) is 0 Å². The fourth-order valence-corrected chi connectivity index (χ4v) is 3.82. The molecule has 106 valence electrons. The largest absolute Gasteiger partial charge is 0.380 e. The first kappa shape index (κ1) is 14.3. The van der Waals surface area contributed by atoms with E-state index in [2.05, 4.69) is 18.9 Å². The average molecular weight is 254 g/mol. The summed E-state index contributed by atoms with van der Waals surface area (Å²) in [7, 11) is 2.22. The lowest BCUT2D eigenvalue weighted by Gasteiger charge is -2.40. The highest BCUT2D eigenvalue weighted by molar-refractivity contribution is 4.94. The maximum Gasteiger partial charge on any atom is 0.0659 e. The molecule has 2 rings (SSSR count). The van der Waals surface area contributed by atoms with Crippen molar-refractivity contribution >= 4 is 0 Å². The summed E-state index contributed by atoms with van der Waals surface area (Å²) in [5, 5.41) is 0. The molecule has 4 atom stereocenters. The Labute approximate surface area is 112 Å². The van der Waals surface area contributed by atoms with E-state index in [-0.39, 0.29) is 5.54 Å². The fraction of sp³-hybridized carbons (Fsp3) is 1.00. The van der Waals surface area contributed by atoms with Crippen molar-refractivity contribution in [3.8, 4) is 0 Å². The molecule has 2 aliphatic rings. The van der Waals surface area contributed by atoms with Crippen molar-refractivity contribution in [2.75, 3.05) is 33.4 Å². The van der Waals surface area contributed by atoms with Gasteiger partial charge < -0.3 is 10.5 Å². The molecule has 0 aromatic carbocycles. The Morgan fingerprint density at radius 3 is 2.61 bits per heavy atom. The van der Waals surface area contributed by atoms with Crippen molar-refractivity contribution in [1.29, 1.82) is 0 Å². The molecule has 0 heterocycles. The minimum Gasteiger partial charge on any atom is -0.380 e. The van der Waals surface area contributed by atoms with Crippen LogP contribution >= 0.6 is 0 Å². The van der Waals surface area contributed by atoms with Crippen LogP contribution < -0.4 is 5.73 Å². The molecule has 0 radical (unpaired) electrons. The van der Waals surface area contributed by atoms with Gasteiger partial charge in [0.1, 0.15) is 0 Å². The second kappa shape index (κ2) is 5.89. The SMILES string of the molecule is CCOCC(C)(CN)N(C)CC1CC2CCC1C2. The van der Waals surface area contributed by atoms with Gasteiger partial charge in [0, 0.05) is 19.7 Å². The Morgan fingerprint density at radius 2 is 2.11 bits per heavy atom. The molecular formula is C15H30N2O. The summed E-state index contributed by atoms with van der Waals surface area (Å²) >= 11 is 0. The van der Waals surface area contributed by atoms with Crippen LogP contribution in [0.4, 0.5) is 0 Å². The summed E-state index contributed by atoms with van der Waals surface area (Å²) in [5.74, 6) is 2.93. The molecular weight excluding hydrogens is 224 g/mol. The molecule has 2 N–H and O–H groups in total. The fourth-order valence-electron chi connectivity index (χ4n) is 3.82. The van der Waals surface area contributed by atoms with Gasteiger partial charge in [-0.05, 0) is 57.9 Å². The third-order valence-corrected chi connectivity index (χ3v) is 5.37. The Bertz CT molecular complexity index is 271. The number of rotatable bonds is 7. The first-order chi connectivity index (χ1) is 8.59. The molecule has 2 bridgehead atoms. The quantitative estimate of drug-likeness (QED) is 0.756. The second-order valence-corrected chi connectivity index (χ2v) is 6.65. The van der Waals surface area contributed by atoms with Crippen LogP contribution in [0.15, 0.2) is 0 Å². The molecule has 0 spiro atoms. The molecule has 0 saturated heterocycles. The number of nitrogens with zero attached hydrogens (tertiary/aromatic N) is 1. The standard InChI is InChI=1S/C15H30N2O/c1-4-18-11-15(2,10-16)17(3)9-14-8-12-5-6-13(14)7-12/h12-14H,4-11,16H2,1-3H3. The lowest BCUT2D eigenvalue weighted by Crippen LogP contribution is -2.54. The number of ether oxygens (including phenoxy) is 1. The Kier molecular flexibility index (Phi) is 4.68. The number of hydrogen-bond acceptors (Lipinski definition) is 3. The summed E-state index contributed by atoms with van der Waals surface area (Å²) in [6.45, 7) is 7.67. The molecule has 2 fully saturated rings. The molecule has 0 aromatic rings. The lowest BCUT2D eigenvalue weighted by atomic mass is 9.87. The van der Waals surface area contributed by atoms with Crippen molar-refractivity contribution in [1.82, 2.24) is 4.90 Å². The highest BCUT2D eigenvalue weighted by atomic mass is 16.5. The van der Waals surface area contributed by atoms with E-state index in [4.69, 9.17) is 10.5 Å². The number of likely N-dealkylation sites (N-methyl/N-ethyl adjacent to an activating group) is 1. The first-order valence-corrected chi connectivity index (χ1v) is 7.58. The van der Waals surface area contributed by atoms with Gasteiger partial charge in [-0.25, -0.2) is 0 Å². The molecule has 3 nitrogen and oxygen atoms in total. The molecule has 18 heavy (non-hydrogen) atoms. The van der Waals surface area contributed by atoms with Crippen LogP contribution in [0.2, 0.25) is 0 Å². The summed E-state index contributed by atoms with van der Waals surface area (Å²) < 4.78 is 5.62. The topological polar surface area (TPSA) is 38.5 Å². The molecule has 4 unspecified atom stereocenters. The number of nitrogens with two attached hydrogens (primary N) is 1. The Hall–Kier alpha value is -0.120. The van der Waals surface area contributed by atoms with E-state index in [1.54, 1.807) is 0 Å². The Balaban J connectivity index is 1.87. The number of hydrogen-bond donors (Lipinski definition) is 1. The molecule has 2 saturated carbocycles. The minimum absolute atomic E-state index is 0.00214. The molecule has 0 aromatic heterocycles. The van der Waals surface area contributed by atoms with Gasteiger partial charge in [-0.2, -0.15) is 0 Å². The van der Waals surface area contributed by atoms with E-state index in [9.17, 15) is 0 Å². The average Bonchev–Trinajstić information content (AvgIpc) is 2.98. The summed E-state index contributed by atoms with van der Waals surface area (Å²) in [5.41, 5.74) is 5.98. The van der Waals surface area contributed by atoms with Crippen LogP contribution in [0.1, 0.15) is 39.5 Å². The number of fused-ring (bicyclic) bond motifs is 2. The maximum atomic E-state index is 5.98. The molecule has 0 aliphatic heterocycles. The monoisotopic (exact) mass is 254 g/mol. The highest BCUT2D eigenvalue weighted by Crippen LogP contribution is 2.48. The van der Waals surface area contributed by atoms with Crippen LogP contribution in [0.5, 0.6) is 0 Å². The van der Waals surface area contributed by atoms with Gasteiger partial charge in [0.15, 0.2) is 0 Å². The summed E-state index contributed by atoms with van der Waals surface area (Å²) in [4.78, 5) is 2.45. The summed E-state index contributed by atoms with van der Waals surface area (Å²) in [6.07, 6.45) is 5.89. The third-order valence-electron chi connectivity index (χ3n) is 5.37. The Morgan fingerprint density at radius 1 is 1.33 bits per heavy atom. The smallest absolute Gasteiger partial charge is 0.0659 e. The van der Waals surface area contributed by atoms with Crippen molar-refractivity contribution < 1.29 is 4.74 Å². The second-order valence-electron chi connectivity index (χ2n) is 6.65. The van der Waals surface area contributed by atoms with E-state index < -0.39 is 0 Å². The predicted molar refractivity (Wildman–Crippen MR) is 75.5 cm³/mol. The van der Waals surface area contributed by atoms with Crippen LogP contribution in [0.3, 0.4) is 0 Å². The van der Waals surface area contributed by atoms with Gasteiger partial charge in [0.2, 0.25) is 0 Å². The van der Waals surface area contributed by atoms with Crippen LogP contribution in [0.25, 0.3) is 0 Å². The van der Waals surface area contributed by atoms with Gasteiger partial charge >= 0.3 is 0 Å². The van der Waals surface area contributed by atoms with E-state index >= 15 is 0 Å². The van der Waals surface area contributed by atoms with Gasteiger partial charge in [-0.15, -0.1) is 0 Å². The van der Waals surface area contributed by atoms with Gasteiger partial charge in [0.05, 0.1) is 12.1 Å². The van der Waals surface area contributed by atoms with Crippen LogP contribution in [-0.4, -0.2) is 43.8 Å². The maximum absolute atomic E-state index is 5.98. The van der Waals surface area contributed by atoms with E-state index in [1.165, 1.54) is 32.2 Å². The van der Waals surface area contributed by atoms with Crippen molar-refractivity contribution in [2.45, 2.75) is 45.1 Å². The van der Waals surface area contributed by atoms with Crippen LogP contribution in [0, 0.1) is 17.8 Å². The normalized spacial score (nSPS) is 34.2. The zero-order valence-electron chi connectivity index (χ0n) is 12.3. The van der Waals surface area contributed by atoms with Crippen LogP contribution in [-0.2, 0) is 4.74 Å². The molecule has 0 amide bonds. The van der Waals surface area contributed by atoms with Crippen molar-refractivity contribution in [3.63, 3.8) is 0 Å². The van der Waals surface area contributed by atoms with Gasteiger partial charge in [-0.3, -0.25) is 4.90 Å². The summed E-state index contributed by atoms with van der Waals surface area (Å²) in [6, 6.07) is 0. The molecule has 3 heteroatoms. The highest BCUT2D eigenvalue weighted by Gasteiger charge is 2.41. The first-order valence-electron chi connectivity index (χ1n) is 7.58. The van der Waals surface area contributed by atoms with E-state index in [0.29, 0.717) is 6.54 Å². The third kappa shape index (κ3) is 2.89. The zero-order chi connectivity index (χ0) is 13.2. The molecule has 2 aliphatic carbocycles.